The van der Waals surface area contributed by atoms with Crippen LogP contribution in [0.3, 0.4) is 0 Å². The van der Waals surface area contributed by atoms with Crippen molar-refractivity contribution in [3.63, 3.8) is 0 Å². The monoisotopic (exact) mass is 310 g/mol. The normalized spacial score (nSPS) is 14.6. The van der Waals surface area contributed by atoms with E-state index in [1.807, 2.05) is 6.92 Å². The van der Waals surface area contributed by atoms with Crippen LogP contribution in [0.1, 0.15) is 53.9 Å². The van der Waals surface area contributed by atoms with Gasteiger partial charge in [-0.05, 0) is 38.2 Å². The maximum absolute atomic E-state index is 12.2. The highest BCUT2D eigenvalue weighted by Gasteiger charge is 2.28. The number of hydrogen-bond acceptors (Lipinski definition) is 5. The van der Waals surface area contributed by atoms with Crippen molar-refractivity contribution in [3.05, 3.63) is 16.0 Å². The number of amides is 1. The number of ether oxygens (including phenoxy) is 1. The summed E-state index contributed by atoms with van der Waals surface area (Å²) < 4.78 is 5.13. The second kappa shape index (κ2) is 7.04. The van der Waals surface area contributed by atoms with Crippen LogP contribution in [0.2, 0.25) is 0 Å². The Hall–Kier alpha value is -1.40. The van der Waals surface area contributed by atoms with Gasteiger partial charge < -0.3 is 15.8 Å². The number of hydrogen-bond donors (Lipinski definition) is 2. The van der Waals surface area contributed by atoms with Crippen LogP contribution in [0.15, 0.2) is 0 Å². The van der Waals surface area contributed by atoms with Crippen molar-refractivity contribution in [3.8, 4) is 0 Å². The van der Waals surface area contributed by atoms with E-state index in [-0.39, 0.29) is 24.3 Å². The van der Waals surface area contributed by atoms with Gasteiger partial charge in [0, 0.05) is 17.3 Å². The molecule has 1 aromatic rings. The Bertz CT molecular complexity index is 539. The lowest BCUT2D eigenvalue weighted by molar-refractivity contribution is -0.116. The summed E-state index contributed by atoms with van der Waals surface area (Å²) in [7, 11) is 0. The summed E-state index contributed by atoms with van der Waals surface area (Å²) in [6, 6.07) is -0.150. The fraction of sp³-hybridized carbons (Fsp3) is 0.600. The first-order valence-corrected chi connectivity index (χ1v) is 8.25. The van der Waals surface area contributed by atoms with Crippen molar-refractivity contribution < 1.29 is 14.3 Å². The second-order valence-corrected chi connectivity index (χ2v) is 6.31. The number of aryl methyl sites for hydroxylation is 1. The first-order chi connectivity index (χ1) is 10.1. The van der Waals surface area contributed by atoms with Gasteiger partial charge in [-0.3, -0.25) is 4.79 Å². The molecule has 1 heterocycles. The number of fused-ring (bicyclic) bond motifs is 1. The van der Waals surface area contributed by atoms with Crippen molar-refractivity contribution in [2.24, 2.45) is 5.73 Å². The van der Waals surface area contributed by atoms with Crippen LogP contribution in [0.4, 0.5) is 5.00 Å². The Morgan fingerprint density at radius 1 is 1.38 bits per heavy atom. The number of esters is 1. The largest absolute Gasteiger partial charge is 0.462 e. The first kappa shape index (κ1) is 16.0. The molecule has 0 fully saturated rings. The molecular formula is C15H22N2O3S. The summed E-state index contributed by atoms with van der Waals surface area (Å²) >= 11 is 1.49. The predicted molar refractivity (Wildman–Crippen MR) is 83.8 cm³/mol. The van der Waals surface area contributed by atoms with Crippen molar-refractivity contribution in [2.75, 3.05) is 11.9 Å². The molecule has 1 aromatic heterocycles. The Balaban J connectivity index is 2.19. The number of nitrogens with two attached hydrogens (primary N) is 1. The number of rotatable bonds is 6. The molecule has 1 unspecified atom stereocenters. The lowest BCUT2D eigenvalue weighted by atomic mass is 10.1. The smallest absolute Gasteiger partial charge is 0.341 e. The van der Waals surface area contributed by atoms with Gasteiger partial charge in [-0.25, -0.2) is 4.79 Å². The molecule has 0 aromatic carbocycles. The van der Waals surface area contributed by atoms with Gasteiger partial charge in [-0.1, -0.05) is 6.92 Å². The highest BCUT2D eigenvalue weighted by Crippen LogP contribution is 2.39. The topological polar surface area (TPSA) is 81.4 Å². The van der Waals surface area contributed by atoms with Gasteiger partial charge in [0.05, 0.1) is 12.2 Å². The van der Waals surface area contributed by atoms with Crippen LogP contribution in [0.25, 0.3) is 0 Å². The van der Waals surface area contributed by atoms with Crippen molar-refractivity contribution in [1.29, 1.82) is 0 Å². The molecule has 2 rings (SSSR count). The standard InChI is InChI=1S/C15H22N2O3S/c1-3-9(16)8-12(18)17-14-13(15(19)20-4-2)10-6-5-7-11(10)21-14/h9H,3-8,16H2,1-2H3,(H,17,18). The first-order valence-electron chi connectivity index (χ1n) is 7.43. The third-order valence-electron chi connectivity index (χ3n) is 3.63. The molecule has 0 bridgehead atoms. The van der Waals surface area contributed by atoms with Gasteiger partial charge >= 0.3 is 5.97 Å². The Morgan fingerprint density at radius 2 is 2.14 bits per heavy atom. The van der Waals surface area contributed by atoms with E-state index in [1.54, 1.807) is 6.92 Å². The van der Waals surface area contributed by atoms with E-state index < -0.39 is 0 Å². The van der Waals surface area contributed by atoms with Crippen LogP contribution in [-0.2, 0) is 22.4 Å². The maximum atomic E-state index is 12.2. The van der Waals surface area contributed by atoms with E-state index in [4.69, 9.17) is 10.5 Å². The molecule has 1 aliphatic rings. The molecule has 6 heteroatoms. The van der Waals surface area contributed by atoms with Crippen LogP contribution in [0.5, 0.6) is 0 Å². The van der Waals surface area contributed by atoms with Crippen molar-refractivity contribution in [2.45, 2.75) is 52.0 Å². The molecule has 21 heavy (non-hydrogen) atoms. The van der Waals surface area contributed by atoms with Gasteiger partial charge in [-0.15, -0.1) is 11.3 Å². The summed E-state index contributed by atoms with van der Waals surface area (Å²) in [6.45, 7) is 4.06. The molecule has 0 aliphatic heterocycles. The van der Waals surface area contributed by atoms with E-state index in [1.165, 1.54) is 16.2 Å². The molecular weight excluding hydrogens is 288 g/mol. The SMILES string of the molecule is CCOC(=O)c1c(NC(=O)CC(N)CC)sc2c1CCC2. The van der Waals surface area contributed by atoms with E-state index in [0.717, 1.165) is 31.2 Å². The highest BCUT2D eigenvalue weighted by molar-refractivity contribution is 7.17. The fourth-order valence-electron chi connectivity index (χ4n) is 2.47. The number of carbonyl (C=O) groups is 2. The molecule has 1 aliphatic carbocycles. The Morgan fingerprint density at radius 3 is 2.81 bits per heavy atom. The van der Waals surface area contributed by atoms with Crippen molar-refractivity contribution in [1.82, 2.24) is 0 Å². The van der Waals surface area contributed by atoms with Gasteiger partial charge in [0.2, 0.25) is 5.91 Å². The highest BCUT2D eigenvalue weighted by atomic mass is 32.1. The average Bonchev–Trinajstić information content (AvgIpc) is 2.98. The summed E-state index contributed by atoms with van der Waals surface area (Å²) in [4.78, 5) is 25.3. The van der Waals surface area contributed by atoms with Gasteiger partial charge in [0.1, 0.15) is 5.00 Å². The fourth-order valence-corrected chi connectivity index (χ4v) is 3.77. The van der Waals surface area contributed by atoms with E-state index in [2.05, 4.69) is 5.32 Å². The zero-order valence-electron chi connectivity index (χ0n) is 12.5. The minimum atomic E-state index is -0.341. The Kier molecular flexibility index (Phi) is 5.36. The summed E-state index contributed by atoms with van der Waals surface area (Å²) in [5, 5.41) is 3.46. The summed E-state index contributed by atoms with van der Waals surface area (Å²) in [5.41, 5.74) is 7.39. The summed E-state index contributed by atoms with van der Waals surface area (Å²) in [6.07, 6.45) is 3.92. The number of carbonyl (C=O) groups excluding carboxylic acids is 2. The average molecular weight is 310 g/mol. The third kappa shape index (κ3) is 3.63. The van der Waals surface area contributed by atoms with Gasteiger partial charge in [0.15, 0.2) is 0 Å². The molecule has 0 saturated heterocycles. The molecule has 1 atom stereocenters. The quantitative estimate of drug-likeness (QED) is 0.791. The minimum absolute atomic E-state index is 0.144. The lowest BCUT2D eigenvalue weighted by Crippen LogP contribution is -2.26. The lowest BCUT2D eigenvalue weighted by Gasteiger charge is -2.10. The van der Waals surface area contributed by atoms with E-state index >= 15 is 0 Å². The van der Waals surface area contributed by atoms with Gasteiger partial charge in [0.25, 0.3) is 0 Å². The molecule has 0 saturated carbocycles. The molecule has 5 nitrogen and oxygen atoms in total. The molecule has 116 valence electrons. The number of nitrogens with one attached hydrogen (secondary N) is 1. The summed E-state index contributed by atoms with van der Waals surface area (Å²) in [5.74, 6) is -0.484. The number of anilines is 1. The van der Waals surface area contributed by atoms with Crippen LogP contribution >= 0.6 is 11.3 Å². The molecule has 1 amide bonds. The van der Waals surface area contributed by atoms with E-state index in [0.29, 0.717) is 17.2 Å². The zero-order chi connectivity index (χ0) is 15.4. The van der Waals surface area contributed by atoms with Crippen LogP contribution < -0.4 is 11.1 Å². The van der Waals surface area contributed by atoms with Crippen LogP contribution in [0, 0.1) is 0 Å². The molecule has 3 N–H and O–H groups in total. The molecule has 0 radical (unpaired) electrons. The number of thiophene rings is 1. The Labute approximate surface area is 128 Å². The van der Waals surface area contributed by atoms with Crippen molar-refractivity contribution >= 4 is 28.2 Å². The van der Waals surface area contributed by atoms with Gasteiger partial charge in [-0.2, -0.15) is 0 Å². The minimum Gasteiger partial charge on any atom is -0.462 e. The maximum Gasteiger partial charge on any atom is 0.341 e. The van der Waals surface area contributed by atoms with E-state index in [9.17, 15) is 9.59 Å². The zero-order valence-corrected chi connectivity index (χ0v) is 13.3. The third-order valence-corrected chi connectivity index (χ3v) is 4.83. The predicted octanol–water partition coefficient (Wildman–Crippen LogP) is 2.48. The molecule has 0 spiro atoms. The van der Waals surface area contributed by atoms with Crippen LogP contribution in [-0.4, -0.2) is 24.5 Å². The second-order valence-electron chi connectivity index (χ2n) is 5.20.